The summed E-state index contributed by atoms with van der Waals surface area (Å²) < 4.78 is 61.5. The van der Waals surface area contributed by atoms with E-state index in [9.17, 15) is 21.6 Å². The molecule has 0 spiro atoms. The van der Waals surface area contributed by atoms with Crippen molar-refractivity contribution in [2.45, 2.75) is 24.9 Å². The summed E-state index contributed by atoms with van der Waals surface area (Å²) in [5.74, 6) is 0.0681. The summed E-state index contributed by atoms with van der Waals surface area (Å²) in [7, 11) is -3.97. The van der Waals surface area contributed by atoms with Gasteiger partial charge in [0.2, 0.25) is 10.0 Å². The SMILES string of the molecule is Cc1nn(-c2ccc(C(F)(F)F)cn2)c(C)c1S(N)(=O)=O. The lowest BCUT2D eigenvalue weighted by Gasteiger charge is -2.08. The highest BCUT2D eigenvalue weighted by Gasteiger charge is 2.31. The highest BCUT2D eigenvalue weighted by Crippen LogP contribution is 2.29. The third-order valence-electron chi connectivity index (χ3n) is 2.80. The molecule has 0 aliphatic heterocycles. The van der Waals surface area contributed by atoms with E-state index in [1.54, 1.807) is 0 Å². The maximum absolute atomic E-state index is 12.5. The van der Waals surface area contributed by atoms with Crippen molar-refractivity contribution in [3.05, 3.63) is 35.3 Å². The van der Waals surface area contributed by atoms with E-state index in [0.717, 1.165) is 16.8 Å². The topological polar surface area (TPSA) is 90.9 Å². The second-order valence-corrected chi connectivity index (χ2v) is 5.86. The molecular formula is C11H11F3N4O2S. The van der Waals surface area contributed by atoms with Gasteiger partial charge in [-0.05, 0) is 26.0 Å². The van der Waals surface area contributed by atoms with Crippen LogP contribution in [0.25, 0.3) is 5.82 Å². The number of nitrogens with two attached hydrogens (primary N) is 1. The van der Waals surface area contributed by atoms with Gasteiger partial charge in [-0.25, -0.2) is 23.2 Å². The summed E-state index contributed by atoms with van der Waals surface area (Å²) in [5.41, 5.74) is -0.571. The Balaban J connectivity index is 2.54. The van der Waals surface area contributed by atoms with Gasteiger partial charge in [-0.3, -0.25) is 0 Å². The zero-order valence-electron chi connectivity index (χ0n) is 11.0. The van der Waals surface area contributed by atoms with Crippen LogP contribution in [0.15, 0.2) is 23.2 Å². The predicted molar refractivity (Wildman–Crippen MR) is 67.2 cm³/mol. The zero-order valence-corrected chi connectivity index (χ0v) is 11.8. The van der Waals surface area contributed by atoms with Crippen molar-refractivity contribution in [1.29, 1.82) is 0 Å². The molecule has 0 bridgehead atoms. The molecule has 0 aromatic carbocycles. The van der Waals surface area contributed by atoms with Crippen molar-refractivity contribution in [3.63, 3.8) is 0 Å². The number of pyridine rings is 1. The average molecular weight is 320 g/mol. The van der Waals surface area contributed by atoms with Crippen LogP contribution in [0.4, 0.5) is 13.2 Å². The van der Waals surface area contributed by atoms with Gasteiger partial charge in [0.15, 0.2) is 5.82 Å². The first kappa shape index (κ1) is 15.4. The summed E-state index contributed by atoms with van der Waals surface area (Å²) >= 11 is 0. The number of halogens is 3. The molecule has 0 fully saturated rings. The minimum atomic E-state index is -4.49. The van der Waals surface area contributed by atoms with Gasteiger partial charge in [-0.1, -0.05) is 0 Å². The fourth-order valence-corrected chi connectivity index (χ4v) is 2.89. The molecule has 2 aromatic rings. The molecule has 114 valence electrons. The maximum atomic E-state index is 12.5. The molecule has 0 radical (unpaired) electrons. The Labute approximate surface area is 118 Å². The second-order valence-electron chi connectivity index (χ2n) is 4.36. The Kier molecular flexibility index (Phi) is 3.54. The smallest absolute Gasteiger partial charge is 0.236 e. The van der Waals surface area contributed by atoms with E-state index < -0.39 is 21.8 Å². The van der Waals surface area contributed by atoms with Crippen LogP contribution in [0.2, 0.25) is 0 Å². The molecule has 0 aliphatic rings. The number of rotatable bonds is 2. The third-order valence-corrected chi connectivity index (χ3v) is 3.96. The molecule has 0 amide bonds. The van der Waals surface area contributed by atoms with Crippen LogP contribution in [-0.2, 0) is 16.2 Å². The number of nitrogens with zero attached hydrogens (tertiary/aromatic N) is 3. The lowest BCUT2D eigenvalue weighted by molar-refractivity contribution is -0.137. The molecule has 2 N–H and O–H groups in total. The molecule has 0 saturated heterocycles. The number of aryl methyl sites for hydroxylation is 1. The molecule has 6 nitrogen and oxygen atoms in total. The van der Waals surface area contributed by atoms with E-state index in [1.807, 2.05) is 0 Å². The van der Waals surface area contributed by atoms with E-state index in [-0.39, 0.29) is 22.1 Å². The summed E-state index contributed by atoms with van der Waals surface area (Å²) in [4.78, 5) is 3.49. The first-order chi connectivity index (χ1) is 9.51. The van der Waals surface area contributed by atoms with Crippen LogP contribution in [0, 0.1) is 13.8 Å². The first-order valence-electron chi connectivity index (χ1n) is 5.64. The minimum absolute atomic E-state index is 0.0681. The predicted octanol–water partition coefficient (Wildman–Crippen LogP) is 1.55. The summed E-state index contributed by atoms with van der Waals surface area (Å²) in [6.07, 6.45) is -3.84. The van der Waals surface area contributed by atoms with Gasteiger partial charge in [-0.2, -0.15) is 18.3 Å². The van der Waals surface area contributed by atoms with E-state index in [0.29, 0.717) is 6.20 Å². The van der Waals surface area contributed by atoms with Crippen molar-refractivity contribution >= 4 is 10.0 Å². The molecule has 10 heteroatoms. The van der Waals surface area contributed by atoms with Crippen LogP contribution in [0.3, 0.4) is 0 Å². The maximum Gasteiger partial charge on any atom is 0.417 e. The normalized spacial score (nSPS) is 12.7. The number of aromatic nitrogens is 3. The zero-order chi connectivity index (χ0) is 16.0. The average Bonchev–Trinajstić information content (AvgIpc) is 2.63. The quantitative estimate of drug-likeness (QED) is 0.909. The van der Waals surface area contributed by atoms with Crippen LogP contribution in [0.1, 0.15) is 17.0 Å². The van der Waals surface area contributed by atoms with Crippen LogP contribution in [0.5, 0.6) is 0 Å². The molecular weight excluding hydrogens is 309 g/mol. The lowest BCUT2D eigenvalue weighted by atomic mass is 10.3. The summed E-state index contributed by atoms with van der Waals surface area (Å²) in [6, 6.07) is 1.95. The van der Waals surface area contributed by atoms with Gasteiger partial charge in [0.05, 0.1) is 17.0 Å². The van der Waals surface area contributed by atoms with Gasteiger partial charge >= 0.3 is 6.18 Å². The summed E-state index contributed by atoms with van der Waals surface area (Å²) in [5, 5.41) is 9.03. The van der Waals surface area contributed by atoms with Crippen molar-refractivity contribution in [2.24, 2.45) is 5.14 Å². The highest BCUT2D eigenvalue weighted by molar-refractivity contribution is 7.89. The Morgan fingerprint density at radius 1 is 1.24 bits per heavy atom. The summed E-state index contributed by atoms with van der Waals surface area (Å²) in [6.45, 7) is 2.88. The Bertz CT molecular complexity index is 779. The first-order valence-corrected chi connectivity index (χ1v) is 7.19. The largest absolute Gasteiger partial charge is 0.417 e. The van der Waals surface area contributed by atoms with Gasteiger partial charge in [0, 0.05) is 6.20 Å². The van der Waals surface area contributed by atoms with Crippen molar-refractivity contribution in [2.75, 3.05) is 0 Å². The molecule has 2 heterocycles. The fraction of sp³-hybridized carbons (Fsp3) is 0.273. The molecule has 0 aliphatic carbocycles. The van der Waals surface area contributed by atoms with Gasteiger partial charge in [0.1, 0.15) is 4.90 Å². The number of alkyl halides is 3. The highest BCUT2D eigenvalue weighted by atomic mass is 32.2. The molecule has 2 aromatic heterocycles. The van der Waals surface area contributed by atoms with E-state index in [1.165, 1.54) is 13.8 Å². The standard InChI is InChI=1S/C11H11F3N4O2S/c1-6-10(21(15,19)20)7(2)18(17-6)9-4-3-8(5-16-9)11(12,13)14/h3-5H,1-2H3,(H2,15,19,20). The van der Waals surface area contributed by atoms with E-state index >= 15 is 0 Å². The van der Waals surface area contributed by atoms with Crippen molar-refractivity contribution in [3.8, 4) is 5.82 Å². The van der Waals surface area contributed by atoms with Crippen LogP contribution in [-0.4, -0.2) is 23.2 Å². The lowest BCUT2D eigenvalue weighted by Crippen LogP contribution is -2.14. The van der Waals surface area contributed by atoms with Crippen molar-refractivity contribution in [1.82, 2.24) is 14.8 Å². The van der Waals surface area contributed by atoms with E-state index in [2.05, 4.69) is 10.1 Å². The Morgan fingerprint density at radius 2 is 1.86 bits per heavy atom. The molecule has 2 rings (SSSR count). The Morgan fingerprint density at radius 3 is 2.24 bits per heavy atom. The number of hydrogen-bond acceptors (Lipinski definition) is 4. The third kappa shape index (κ3) is 2.90. The second kappa shape index (κ2) is 4.81. The van der Waals surface area contributed by atoms with Gasteiger partial charge in [-0.15, -0.1) is 0 Å². The monoisotopic (exact) mass is 320 g/mol. The Hall–Kier alpha value is -1.94. The van der Waals surface area contributed by atoms with Crippen LogP contribution < -0.4 is 5.14 Å². The number of hydrogen-bond donors (Lipinski definition) is 1. The minimum Gasteiger partial charge on any atom is -0.236 e. The molecule has 21 heavy (non-hydrogen) atoms. The number of sulfonamides is 1. The van der Waals surface area contributed by atoms with Gasteiger partial charge < -0.3 is 0 Å². The van der Waals surface area contributed by atoms with Gasteiger partial charge in [0.25, 0.3) is 0 Å². The van der Waals surface area contributed by atoms with Crippen LogP contribution >= 0.6 is 0 Å². The molecule has 0 unspecified atom stereocenters. The molecule has 0 saturated carbocycles. The molecule has 0 atom stereocenters. The van der Waals surface area contributed by atoms with Crippen molar-refractivity contribution < 1.29 is 21.6 Å². The fourth-order valence-electron chi connectivity index (χ4n) is 1.94. The number of primary sulfonamides is 1. The van der Waals surface area contributed by atoms with E-state index in [4.69, 9.17) is 5.14 Å².